The maximum Gasteiger partial charge on any atom is 0.228 e. The number of alkyl halides is 1. The molecule has 2 nitrogen and oxygen atoms in total. The summed E-state index contributed by atoms with van der Waals surface area (Å²) in [5, 5.41) is 3.81. The highest BCUT2D eigenvalue weighted by molar-refractivity contribution is 9.09. The Morgan fingerprint density at radius 2 is 2.38 bits per heavy atom. The highest BCUT2D eigenvalue weighted by atomic mass is 79.9. The first-order chi connectivity index (χ1) is 7.72. The Labute approximate surface area is 108 Å². The molecule has 2 unspecified atom stereocenters. The Kier molecular flexibility index (Phi) is 3.92. The predicted molar refractivity (Wildman–Crippen MR) is 71.3 cm³/mol. The molecule has 1 aliphatic heterocycles. The van der Waals surface area contributed by atoms with E-state index in [2.05, 4.69) is 33.4 Å². The van der Waals surface area contributed by atoms with Gasteiger partial charge >= 0.3 is 0 Å². The lowest BCUT2D eigenvalue weighted by atomic mass is 10.0. The number of hydrogen-bond donors (Lipinski definition) is 1. The molecule has 1 aromatic carbocycles. The van der Waals surface area contributed by atoms with Crippen LogP contribution in [0.25, 0.3) is 0 Å². The quantitative estimate of drug-likeness (QED) is 0.870. The average molecular weight is 300 g/mol. The molecule has 0 aliphatic carbocycles. The monoisotopic (exact) mass is 299 g/mol. The van der Waals surface area contributed by atoms with Crippen molar-refractivity contribution in [3.63, 3.8) is 0 Å². The fourth-order valence-corrected chi connectivity index (χ4v) is 3.15. The molecule has 0 radical (unpaired) electrons. The second-order valence-electron chi connectivity index (χ2n) is 3.97. The van der Waals surface area contributed by atoms with Crippen LogP contribution in [0.15, 0.2) is 29.2 Å². The number of nitrogens with one attached hydrogen (secondary N) is 1. The molecule has 0 bridgehead atoms. The van der Waals surface area contributed by atoms with Crippen molar-refractivity contribution >= 4 is 33.6 Å². The van der Waals surface area contributed by atoms with Gasteiger partial charge in [-0.2, -0.15) is 0 Å². The van der Waals surface area contributed by atoms with E-state index in [0.717, 1.165) is 11.1 Å². The van der Waals surface area contributed by atoms with E-state index in [-0.39, 0.29) is 17.9 Å². The van der Waals surface area contributed by atoms with Crippen molar-refractivity contribution in [3.05, 3.63) is 29.8 Å². The normalized spacial score (nSPS) is 20.2. The first-order valence-corrected chi connectivity index (χ1v) is 7.41. The number of thioether (sulfide) groups is 1. The highest BCUT2D eigenvalue weighted by Crippen LogP contribution is 2.39. The molecule has 1 aliphatic rings. The second-order valence-corrected chi connectivity index (χ2v) is 5.67. The largest absolute Gasteiger partial charge is 0.352 e. The van der Waals surface area contributed by atoms with Gasteiger partial charge in [0.15, 0.2) is 0 Å². The minimum atomic E-state index is 0.0164. The molecule has 2 rings (SSSR count). The summed E-state index contributed by atoms with van der Waals surface area (Å²) in [6, 6.07) is 8.34. The van der Waals surface area contributed by atoms with Crippen LogP contribution in [0.4, 0.5) is 0 Å². The van der Waals surface area contributed by atoms with E-state index in [9.17, 15) is 4.79 Å². The zero-order valence-corrected chi connectivity index (χ0v) is 11.5. The highest BCUT2D eigenvalue weighted by Gasteiger charge is 2.29. The Morgan fingerprint density at radius 1 is 1.62 bits per heavy atom. The third-order valence-corrected chi connectivity index (χ3v) is 4.79. The number of carbonyl (C=O) groups is 1. The van der Waals surface area contributed by atoms with Gasteiger partial charge in [0.2, 0.25) is 5.91 Å². The lowest BCUT2D eigenvalue weighted by Crippen LogP contribution is -2.37. The third kappa shape index (κ3) is 2.43. The van der Waals surface area contributed by atoms with Crippen LogP contribution in [-0.2, 0) is 4.79 Å². The summed E-state index contributed by atoms with van der Waals surface area (Å²) in [5.41, 5.74) is 1.17. The molecular weight excluding hydrogens is 286 g/mol. The lowest BCUT2D eigenvalue weighted by Gasteiger charge is -2.15. The standard InChI is InChI=1S/C12H14BrNOS/c1-8(6-13)14-12(15)10-7-16-11-5-3-2-4-9(10)11/h2-5,8,10H,6-7H2,1H3,(H,14,15). The third-order valence-electron chi connectivity index (χ3n) is 2.64. The van der Waals surface area contributed by atoms with Crippen LogP contribution < -0.4 is 5.32 Å². The predicted octanol–water partition coefficient (Wildman–Crippen LogP) is 2.78. The molecule has 0 fully saturated rings. The lowest BCUT2D eigenvalue weighted by molar-refractivity contribution is -0.122. The van der Waals surface area contributed by atoms with E-state index in [1.165, 1.54) is 10.5 Å². The molecule has 1 amide bonds. The van der Waals surface area contributed by atoms with Crippen LogP contribution in [0.2, 0.25) is 0 Å². The van der Waals surface area contributed by atoms with Crippen LogP contribution in [0.1, 0.15) is 18.4 Å². The van der Waals surface area contributed by atoms with Crippen molar-refractivity contribution in [3.8, 4) is 0 Å². The summed E-state index contributed by atoms with van der Waals surface area (Å²) in [7, 11) is 0. The molecule has 86 valence electrons. The zero-order chi connectivity index (χ0) is 11.5. The van der Waals surface area contributed by atoms with Gasteiger partial charge in [-0.1, -0.05) is 34.1 Å². The molecule has 0 saturated heterocycles. The van der Waals surface area contributed by atoms with Crippen molar-refractivity contribution in [1.82, 2.24) is 5.32 Å². The molecular formula is C12H14BrNOS. The zero-order valence-electron chi connectivity index (χ0n) is 9.07. The van der Waals surface area contributed by atoms with Gasteiger partial charge in [0.25, 0.3) is 0 Å². The van der Waals surface area contributed by atoms with Crippen molar-refractivity contribution < 1.29 is 4.79 Å². The fraction of sp³-hybridized carbons (Fsp3) is 0.417. The Bertz CT molecular complexity index is 396. The Balaban J connectivity index is 2.10. The summed E-state index contributed by atoms with van der Waals surface area (Å²) in [6.45, 7) is 2.00. The molecule has 2 atom stereocenters. The van der Waals surface area contributed by atoms with E-state index < -0.39 is 0 Å². The molecule has 16 heavy (non-hydrogen) atoms. The fourth-order valence-electron chi connectivity index (χ4n) is 1.76. The SMILES string of the molecule is CC(CBr)NC(=O)C1CSc2ccccc21. The van der Waals surface area contributed by atoms with Crippen LogP contribution in [-0.4, -0.2) is 23.0 Å². The summed E-state index contributed by atoms with van der Waals surface area (Å²) in [5.74, 6) is 1.02. The Hall–Kier alpha value is -0.480. The van der Waals surface area contributed by atoms with Gasteiger partial charge in [-0.05, 0) is 18.6 Å². The van der Waals surface area contributed by atoms with Gasteiger partial charge in [-0.15, -0.1) is 11.8 Å². The van der Waals surface area contributed by atoms with Gasteiger partial charge in [0.05, 0.1) is 5.92 Å². The second kappa shape index (κ2) is 5.23. The van der Waals surface area contributed by atoms with E-state index in [0.29, 0.717) is 0 Å². The van der Waals surface area contributed by atoms with Gasteiger partial charge in [0.1, 0.15) is 0 Å². The van der Waals surface area contributed by atoms with Crippen LogP contribution >= 0.6 is 27.7 Å². The Morgan fingerprint density at radius 3 is 3.12 bits per heavy atom. The molecule has 1 heterocycles. The number of carbonyl (C=O) groups excluding carboxylic acids is 1. The number of benzene rings is 1. The minimum absolute atomic E-state index is 0.0164. The van der Waals surface area contributed by atoms with Crippen molar-refractivity contribution in [2.75, 3.05) is 11.1 Å². The van der Waals surface area contributed by atoms with Gasteiger partial charge < -0.3 is 5.32 Å². The summed E-state index contributed by atoms with van der Waals surface area (Å²) < 4.78 is 0. The van der Waals surface area contributed by atoms with Crippen molar-refractivity contribution in [1.29, 1.82) is 0 Å². The number of fused-ring (bicyclic) bond motifs is 1. The van der Waals surface area contributed by atoms with Crippen molar-refractivity contribution in [2.24, 2.45) is 0 Å². The van der Waals surface area contributed by atoms with E-state index in [4.69, 9.17) is 0 Å². The number of amides is 1. The molecule has 0 saturated carbocycles. The molecule has 0 aromatic heterocycles. The van der Waals surface area contributed by atoms with E-state index in [1.54, 1.807) is 11.8 Å². The average Bonchev–Trinajstić information content (AvgIpc) is 2.72. The van der Waals surface area contributed by atoms with Crippen LogP contribution in [0.5, 0.6) is 0 Å². The van der Waals surface area contributed by atoms with Crippen LogP contribution in [0.3, 0.4) is 0 Å². The van der Waals surface area contributed by atoms with Gasteiger partial charge in [-0.3, -0.25) is 4.79 Å². The number of halogens is 1. The van der Waals surface area contributed by atoms with Crippen molar-refractivity contribution in [2.45, 2.75) is 23.8 Å². The molecule has 0 spiro atoms. The first kappa shape index (κ1) is 12.0. The maximum absolute atomic E-state index is 12.0. The van der Waals surface area contributed by atoms with E-state index >= 15 is 0 Å². The maximum atomic E-state index is 12.0. The minimum Gasteiger partial charge on any atom is -0.352 e. The van der Waals surface area contributed by atoms with Gasteiger partial charge in [-0.25, -0.2) is 0 Å². The first-order valence-electron chi connectivity index (χ1n) is 5.30. The summed E-state index contributed by atoms with van der Waals surface area (Å²) in [6.07, 6.45) is 0. The number of rotatable bonds is 3. The van der Waals surface area contributed by atoms with Gasteiger partial charge in [0, 0.05) is 22.0 Å². The smallest absolute Gasteiger partial charge is 0.228 e. The van der Waals surface area contributed by atoms with E-state index in [1.807, 2.05) is 19.1 Å². The number of hydrogen-bond acceptors (Lipinski definition) is 2. The molecule has 4 heteroatoms. The molecule has 1 aromatic rings. The molecule has 1 N–H and O–H groups in total. The summed E-state index contributed by atoms with van der Waals surface area (Å²) in [4.78, 5) is 13.3. The van der Waals surface area contributed by atoms with Crippen LogP contribution in [0, 0.1) is 0 Å². The topological polar surface area (TPSA) is 29.1 Å². The summed E-state index contributed by atoms with van der Waals surface area (Å²) >= 11 is 5.13.